The number of imidazole rings is 1. The Morgan fingerprint density at radius 2 is 1.31 bits per heavy atom. The number of benzene rings is 4. The van der Waals surface area contributed by atoms with Gasteiger partial charge in [0.2, 0.25) is 0 Å². The molecule has 0 unspecified atom stereocenters. The van der Waals surface area contributed by atoms with E-state index in [1.54, 1.807) is 4.57 Å². The number of hydrogen-bond donors (Lipinski definition) is 0. The standard InChI is InChI=1S/C33H29N5O/c39-33-25-15-5-7-17-27(25)34-31(24-13-3-1-4-14-24)38(33)29-19-9-6-16-26(29)32-35-28-18-8-10-20-30(28)37(32)23-36-21-11-2-12-22-36/h1,3-10,13-20H,2,11-12,21-23H2. The fourth-order valence-corrected chi connectivity index (χ4v) is 5.72. The average molecular weight is 512 g/mol. The van der Waals surface area contributed by atoms with Crippen molar-refractivity contribution in [2.24, 2.45) is 0 Å². The van der Waals surface area contributed by atoms with Gasteiger partial charge in [0.05, 0.1) is 34.3 Å². The van der Waals surface area contributed by atoms with Gasteiger partial charge in [0.1, 0.15) is 11.6 Å². The Labute approximate surface area is 226 Å². The van der Waals surface area contributed by atoms with E-state index in [9.17, 15) is 4.79 Å². The van der Waals surface area contributed by atoms with Gasteiger partial charge in [-0.05, 0) is 62.3 Å². The predicted molar refractivity (Wildman–Crippen MR) is 157 cm³/mol. The van der Waals surface area contributed by atoms with Crippen molar-refractivity contribution in [3.63, 3.8) is 0 Å². The van der Waals surface area contributed by atoms with E-state index in [1.165, 1.54) is 19.3 Å². The van der Waals surface area contributed by atoms with Crippen molar-refractivity contribution >= 4 is 21.9 Å². The molecule has 0 aliphatic carbocycles. The molecule has 1 aliphatic rings. The number of fused-ring (bicyclic) bond motifs is 2. The van der Waals surface area contributed by atoms with Crippen LogP contribution in [0.5, 0.6) is 0 Å². The lowest BCUT2D eigenvalue weighted by molar-refractivity contribution is 0.186. The van der Waals surface area contributed by atoms with Crippen molar-refractivity contribution in [2.75, 3.05) is 13.1 Å². The molecule has 7 rings (SSSR count). The van der Waals surface area contributed by atoms with E-state index < -0.39 is 0 Å². The fraction of sp³-hybridized carbons (Fsp3) is 0.182. The lowest BCUT2D eigenvalue weighted by atomic mass is 10.1. The second-order valence-corrected chi connectivity index (χ2v) is 10.1. The molecule has 6 heteroatoms. The first-order chi connectivity index (χ1) is 19.3. The summed E-state index contributed by atoms with van der Waals surface area (Å²) in [7, 11) is 0. The summed E-state index contributed by atoms with van der Waals surface area (Å²) in [5, 5.41) is 0.591. The maximum atomic E-state index is 14.2. The molecule has 0 spiro atoms. The second kappa shape index (κ2) is 9.97. The minimum Gasteiger partial charge on any atom is -0.310 e. The molecule has 0 amide bonds. The Balaban J connectivity index is 1.49. The molecule has 0 atom stereocenters. The number of hydrogen-bond acceptors (Lipinski definition) is 4. The number of para-hydroxylation sites is 4. The van der Waals surface area contributed by atoms with Crippen molar-refractivity contribution < 1.29 is 0 Å². The lowest BCUT2D eigenvalue weighted by Gasteiger charge is -2.28. The van der Waals surface area contributed by atoms with Crippen molar-refractivity contribution in [1.82, 2.24) is 24.0 Å². The molecule has 0 radical (unpaired) electrons. The first-order valence-electron chi connectivity index (χ1n) is 13.6. The Morgan fingerprint density at radius 3 is 2.15 bits per heavy atom. The number of piperidine rings is 1. The van der Waals surface area contributed by atoms with Gasteiger partial charge in [0, 0.05) is 11.1 Å². The van der Waals surface area contributed by atoms with E-state index in [4.69, 9.17) is 9.97 Å². The molecule has 4 aromatic carbocycles. The molecule has 192 valence electrons. The molecule has 39 heavy (non-hydrogen) atoms. The molecule has 1 aliphatic heterocycles. The monoisotopic (exact) mass is 511 g/mol. The van der Waals surface area contributed by atoms with E-state index in [0.29, 0.717) is 16.7 Å². The van der Waals surface area contributed by atoms with Gasteiger partial charge in [-0.1, -0.05) is 73.2 Å². The molecule has 6 nitrogen and oxygen atoms in total. The summed E-state index contributed by atoms with van der Waals surface area (Å²) in [4.78, 5) is 26.8. The lowest BCUT2D eigenvalue weighted by Crippen LogP contribution is -2.32. The van der Waals surface area contributed by atoms with Crippen molar-refractivity contribution in [2.45, 2.75) is 25.9 Å². The molecule has 6 aromatic rings. The summed E-state index contributed by atoms with van der Waals surface area (Å²) in [6, 6.07) is 33.9. The number of rotatable bonds is 5. The van der Waals surface area contributed by atoms with Gasteiger partial charge in [-0.15, -0.1) is 0 Å². The Hall–Kier alpha value is -4.55. The molecular formula is C33H29N5O. The summed E-state index contributed by atoms with van der Waals surface area (Å²) in [6.45, 7) is 2.93. The largest absolute Gasteiger partial charge is 0.310 e. The van der Waals surface area contributed by atoms with E-state index >= 15 is 0 Å². The number of aromatic nitrogens is 4. The third-order valence-electron chi connectivity index (χ3n) is 7.64. The van der Waals surface area contributed by atoms with Crippen LogP contribution in [0.3, 0.4) is 0 Å². The molecular weight excluding hydrogens is 482 g/mol. The molecule has 0 bridgehead atoms. The SMILES string of the molecule is O=c1c2ccccc2nc(-c2ccccc2)n1-c1ccccc1-c1nc2ccccc2n1CN1CCCCC1. The van der Waals surface area contributed by atoms with Crippen LogP contribution in [0.15, 0.2) is 108 Å². The Morgan fingerprint density at radius 1 is 0.641 bits per heavy atom. The summed E-state index contributed by atoms with van der Waals surface area (Å²) < 4.78 is 4.07. The van der Waals surface area contributed by atoms with Crippen LogP contribution in [-0.2, 0) is 6.67 Å². The average Bonchev–Trinajstić information content (AvgIpc) is 3.36. The van der Waals surface area contributed by atoms with Gasteiger partial charge in [-0.2, -0.15) is 0 Å². The summed E-state index contributed by atoms with van der Waals surface area (Å²) in [5.41, 5.74) is 5.21. The van der Waals surface area contributed by atoms with Crippen LogP contribution in [0, 0.1) is 0 Å². The summed E-state index contributed by atoms with van der Waals surface area (Å²) in [5.74, 6) is 1.47. The van der Waals surface area contributed by atoms with Gasteiger partial charge in [0.25, 0.3) is 5.56 Å². The molecule has 0 N–H and O–H groups in total. The zero-order valence-electron chi connectivity index (χ0n) is 21.7. The third kappa shape index (κ3) is 4.23. The Bertz CT molecular complexity index is 1850. The highest BCUT2D eigenvalue weighted by molar-refractivity contribution is 5.85. The quantitative estimate of drug-likeness (QED) is 0.265. The highest BCUT2D eigenvalue weighted by Gasteiger charge is 2.22. The van der Waals surface area contributed by atoms with Gasteiger partial charge in [0.15, 0.2) is 0 Å². The fourth-order valence-electron chi connectivity index (χ4n) is 5.72. The number of likely N-dealkylation sites (tertiary alicyclic amines) is 1. The maximum absolute atomic E-state index is 14.2. The van der Waals surface area contributed by atoms with E-state index in [-0.39, 0.29) is 5.56 Å². The number of nitrogens with zero attached hydrogens (tertiary/aromatic N) is 5. The first kappa shape index (κ1) is 23.6. The molecule has 3 heterocycles. The van der Waals surface area contributed by atoms with Crippen LogP contribution >= 0.6 is 0 Å². The van der Waals surface area contributed by atoms with E-state index in [1.807, 2.05) is 78.9 Å². The summed E-state index contributed by atoms with van der Waals surface area (Å²) >= 11 is 0. The Kier molecular flexibility index (Phi) is 6.02. The zero-order valence-corrected chi connectivity index (χ0v) is 21.7. The van der Waals surface area contributed by atoms with Crippen molar-refractivity contribution in [3.8, 4) is 28.5 Å². The van der Waals surface area contributed by atoms with Gasteiger partial charge in [-0.25, -0.2) is 9.97 Å². The smallest absolute Gasteiger partial charge is 0.266 e. The highest BCUT2D eigenvalue weighted by Crippen LogP contribution is 2.32. The van der Waals surface area contributed by atoms with Crippen LogP contribution in [0.4, 0.5) is 0 Å². The minimum absolute atomic E-state index is 0.0920. The maximum Gasteiger partial charge on any atom is 0.266 e. The third-order valence-corrected chi connectivity index (χ3v) is 7.64. The van der Waals surface area contributed by atoms with Crippen molar-refractivity contribution in [1.29, 1.82) is 0 Å². The van der Waals surface area contributed by atoms with Crippen LogP contribution < -0.4 is 5.56 Å². The highest BCUT2D eigenvalue weighted by atomic mass is 16.1. The van der Waals surface area contributed by atoms with Crippen LogP contribution in [0.1, 0.15) is 19.3 Å². The van der Waals surface area contributed by atoms with Gasteiger partial charge < -0.3 is 4.57 Å². The van der Waals surface area contributed by atoms with Crippen molar-refractivity contribution in [3.05, 3.63) is 113 Å². The zero-order chi connectivity index (χ0) is 26.2. The predicted octanol–water partition coefficient (Wildman–Crippen LogP) is 6.51. The normalized spacial score (nSPS) is 14.3. The second-order valence-electron chi connectivity index (χ2n) is 10.1. The molecule has 0 saturated carbocycles. The first-order valence-corrected chi connectivity index (χ1v) is 13.6. The molecule has 2 aromatic heterocycles. The van der Waals surface area contributed by atoms with Crippen LogP contribution in [0.2, 0.25) is 0 Å². The van der Waals surface area contributed by atoms with Crippen LogP contribution in [0.25, 0.3) is 50.4 Å². The molecule has 1 saturated heterocycles. The summed E-state index contributed by atoms with van der Waals surface area (Å²) in [6.07, 6.45) is 3.73. The minimum atomic E-state index is -0.0920. The molecule has 1 fully saturated rings. The topological polar surface area (TPSA) is 56.0 Å². The van der Waals surface area contributed by atoms with Gasteiger partial charge in [-0.3, -0.25) is 14.3 Å². The van der Waals surface area contributed by atoms with E-state index in [0.717, 1.165) is 53.4 Å². The van der Waals surface area contributed by atoms with E-state index in [2.05, 4.69) is 33.7 Å². The van der Waals surface area contributed by atoms with Gasteiger partial charge >= 0.3 is 0 Å². The van der Waals surface area contributed by atoms with Crippen LogP contribution in [-0.4, -0.2) is 37.1 Å².